The lowest BCUT2D eigenvalue weighted by Crippen LogP contribution is -2.25. The van der Waals surface area contributed by atoms with Crippen molar-refractivity contribution in [2.75, 3.05) is 59.7 Å². The topological polar surface area (TPSA) is 108 Å². The van der Waals surface area contributed by atoms with E-state index in [0.29, 0.717) is 0 Å². The third kappa shape index (κ3) is 5.75. The second-order valence-electron chi connectivity index (χ2n) is 6.16. The van der Waals surface area contributed by atoms with Crippen LogP contribution in [-0.2, 0) is 0 Å². The second kappa shape index (κ2) is 12.6. The molecule has 10 nitrogen and oxygen atoms in total. The molecular weight excluding hydrogens is 420 g/mol. The molecule has 166 valence electrons. The van der Waals surface area contributed by atoms with Gasteiger partial charge in [0, 0.05) is 39.3 Å². The Bertz CT molecular complexity index is 718. The highest BCUT2D eigenvalue weighted by Crippen LogP contribution is 2.45. The van der Waals surface area contributed by atoms with Crippen molar-refractivity contribution >= 4 is 44.6 Å². The van der Waals surface area contributed by atoms with E-state index in [1.807, 2.05) is 13.8 Å². The van der Waals surface area contributed by atoms with Crippen LogP contribution in [0.3, 0.4) is 0 Å². The molecule has 0 fully saturated rings. The Morgan fingerprint density at radius 3 is 1.27 bits per heavy atom. The highest BCUT2D eigenvalue weighted by atomic mass is 33.1. The van der Waals surface area contributed by atoms with Crippen LogP contribution in [0.15, 0.2) is 10.1 Å². The normalized spacial score (nSPS) is 10.7. The van der Waals surface area contributed by atoms with E-state index in [1.165, 1.54) is 21.6 Å². The molecule has 0 aliphatic heterocycles. The average Bonchev–Trinajstić information content (AvgIpc) is 2.76. The second-order valence-corrected chi connectivity index (χ2v) is 8.26. The van der Waals surface area contributed by atoms with E-state index in [0.717, 1.165) is 72.3 Å². The number of nitrogens with one attached hydrogen (secondary N) is 2. The molecule has 0 atom stereocenters. The minimum Gasteiger partial charge on any atom is -0.367 e. The maximum atomic E-state index is 4.33. The van der Waals surface area contributed by atoms with Crippen molar-refractivity contribution in [1.82, 2.24) is 30.8 Å². The maximum absolute atomic E-state index is 4.33. The third-order valence-corrected chi connectivity index (χ3v) is 6.61. The van der Waals surface area contributed by atoms with E-state index in [2.05, 4.69) is 78.9 Å². The van der Waals surface area contributed by atoms with Crippen LogP contribution in [0.1, 0.15) is 41.5 Å². The summed E-state index contributed by atoms with van der Waals surface area (Å²) in [5, 5.41) is 33.2. The lowest BCUT2D eigenvalue weighted by atomic mass is 10.4. The molecule has 30 heavy (non-hydrogen) atoms. The van der Waals surface area contributed by atoms with Gasteiger partial charge in [-0.05, 0) is 73.6 Å². The lowest BCUT2D eigenvalue weighted by Gasteiger charge is -2.25. The summed E-state index contributed by atoms with van der Waals surface area (Å²) in [6, 6.07) is 0. The number of nitrogens with zero attached hydrogens (tertiary/aromatic N) is 8. The van der Waals surface area contributed by atoms with Crippen LogP contribution in [0.4, 0.5) is 23.0 Å². The first-order valence-electron chi connectivity index (χ1n) is 10.4. The maximum Gasteiger partial charge on any atom is 0.177 e. The van der Waals surface area contributed by atoms with Crippen LogP contribution >= 0.6 is 21.6 Å². The first-order chi connectivity index (χ1) is 14.6. The molecule has 2 N–H and O–H groups in total. The number of anilines is 4. The predicted octanol–water partition coefficient (Wildman–Crippen LogP) is 3.41. The van der Waals surface area contributed by atoms with Crippen molar-refractivity contribution in [2.24, 2.45) is 0 Å². The van der Waals surface area contributed by atoms with Crippen LogP contribution in [0.2, 0.25) is 0 Å². The molecule has 2 rings (SSSR count). The van der Waals surface area contributed by atoms with E-state index in [4.69, 9.17) is 0 Å². The largest absolute Gasteiger partial charge is 0.367 e. The monoisotopic (exact) mass is 452 g/mol. The number of rotatable bonds is 13. The van der Waals surface area contributed by atoms with Crippen molar-refractivity contribution in [1.29, 1.82) is 0 Å². The smallest absolute Gasteiger partial charge is 0.177 e. The Balaban J connectivity index is 2.42. The minimum absolute atomic E-state index is 0.748. The zero-order chi connectivity index (χ0) is 21.9. The summed E-state index contributed by atoms with van der Waals surface area (Å²) in [4.78, 5) is 4.46. The fraction of sp³-hybridized carbons (Fsp3) is 0.667. The minimum atomic E-state index is 0.748. The first kappa shape index (κ1) is 24.2. The number of hydrogen-bond acceptors (Lipinski definition) is 12. The number of aromatic nitrogens is 6. The molecule has 0 saturated heterocycles. The number of hydrogen-bond donors (Lipinski definition) is 2. The van der Waals surface area contributed by atoms with Gasteiger partial charge in [-0.3, -0.25) is 0 Å². The molecule has 2 aromatic rings. The Hall–Kier alpha value is -2.08. The molecule has 0 aromatic carbocycles. The van der Waals surface area contributed by atoms with Gasteiger partial charge >= 0.3 is 0 Å². The molecule has 0 aliphatic carbocycles. The SMILES string of the molecule is CCNc1nnnc(SSc2nnnc(NCC)c2N(CC)CC)c1N(CC)CC. The van der Waals surface area contributed by atoms with Gasteiger partial charge in [-0.2, -0.15) is 0 Å². The van der Waals surface area contributed by atoms with E-state index < -0.39 is 0 Å². The molecule has 2 aromatic heterocycles. The van der Waals surface area contributed by atoms with Gasteiger partial charge in [-0.15, -0.1) is 20.4 Å². The van der Waals surface area contributed by atoms with Gasteiger partial charge in [-0.1, -0.05) is 0 Å². The fourth-order valence-corrected chi connectivity index (χ4v) is 5.08. The van der Waals surface area contributed by atoms with E-state index in [-0.39, 0.29) is 0 Å². The van der Waals surface area contributed by atoms with E-state index >= 15 is 0 Å². The summed E-state index contributed by atoms with van der Waals surface area (Å²) in [5.74, 6) is 1.50. The molecule has 0 unspecified atom stereocenters. The van der Waals surface area contributed by atoms with E-state index in [9.17, 15) is 0 Å². The summed E-state index contributed by atoms with van der Waals surface area (Å²) in [7, 11) is 3.03. The van der Waals surface area contributed by atoms with Crippen LogP contribution in [0, 0.1) is 0 Å². The molecule has 2 heterocycles. The zero-order valence-corrected chi connectivity index (χ0v) is 20.3. The Labute approximate surface area is 186 Å². The summed E-state index contributed by atoms with van der Waals surface area (Å²) in [6.07, 6.45) is 0. The van der Waals surface area contributed by atoms with Gasteiger partial charge in [-0.25, -0.2) is 0 Å². The van der Waals surface area contributed by atoms with Crippen molar-refractivity contribution in [2.45, 2.75) is 51.6 Å². The van der Waals surface area contributed by atoms with Gasteiger partial charge in [0.25, 0.3) is 0 Å². The Morgan fingerprint density at radius 2 is 0.967 bits per heavy atom. The molecular formula is C18H32N10S2. The first-order valence-corrected chi connectivity index (χ1v) is 12.6. The standard InChI is InChI=1S/C18H32N10S2/c1-7-19-15-13(27(9-3)10-4)17(23-25-21-15)29-30-18-14(28(11-5)12-6)16(20-8-2)22-26-24-18/h7-12H2,1-6H3,(H,19,21,23)(H,20,22,24). The summed E-state index contributed by atoms with van der Waals surface area (Å²) in [5.41, 5.74) is 1.93. The summed E-state index contributed by atoms with van der Waals surface area (Å²) >= 11 is 0. The van der Waals surface area contributed by atoms with Gasteiger partial charge < -0.3 is 20.4 Å². The lowest BCUT2D eigenvalue weighted by molar-refractivity contribution is 0.765. The summed E-state index contributed by atoms with van der Waals surface area (Å²) < 4.78 is 0. The van der Waals surface area contributed by atoms with Gasteiger partial charge in [0.15, 0.2) is 21.7 Å². The predicted molar refractivity (Wildman–Crippen MR) is 127 cm³/mol. The van der Waals surface area contributed by atoms with Crippen LogP contribution in [0.5, 0.6) is 0 Å². The van der Waals surface area contributed by atoms with Crippen molar-refractivity contribution in [3.63, 3.8) is 0 Å². The van der Waals surface area contributed by atoms with Crippen LogP contribution in [0.25, 0.3) is 0 Å². The highest BCUT2D eigenvalue weighted by molar-refractivity contribution is 8.76. The van der Waals surface area contributed by atoms with Gasteiger partial charge in [0.1, 0.15) is 11.4 Å². The van der Waals surface area contributed by atoms with Crippen molar-refractivity contribution in [3.05, 3.63) is 0 Å². The van der Waals surface area contributed by atoms with Crippen LogP contribution < -0.4 is 20.4 Å². The molecule has 0 bridgehead atoms. The molecule has 12 heteroatoms. The third-order valence-electron chi connectivity index (χ3n) is 4.46. The molecule has 0 amide bonds. The van der Waals surface area contributed by atoms with E-state index in [1.54, 1.807) is 0 Å². The zero-order valence-electron chi connectivity index (χ0n) is 18.6. The van der Waals surface area contributed by atoms with Crippen LogP contribution in [-0.4, -0.2) is 70.1 Å². The van der Waals surface area contributed by atoms with Gasteiger partial charge in [0.2, 0.25) is 0 Å². The highest BCUT2D eigenvalue weighted by Gasteiger charge is 2.22. The molecule has 0 radical (unpaired) electrons. The average molecular weight is 453 g/mol. The van der Waals surface area contributed by atoms with Crippen molar-refractivity contribution in [3.8, 4) is 0 Å². The van der Waals surface area contributed by atoms with Crippen molar-refractivity contribution < 1.29 is 0 Å². The summed E-state index contributed by atoms with van der Waals surface area (Å²) in [6.45, 7) is 17.5. The van der Waals surface area contributed by atoms with Gasteiger partial charge in [0.05, 0.1) is 0 Å². The molecule has 0 aliphatic rings. The Kier molecular flexibility index (Phi) is 10.1. The fourth-order valence-electron chi connectivity index (χ4n) is 3.02. The quantitative estimate of drug-likeness (QED) is 0.435. The molecule has 0 spiro atoms. The Morgan fingerprint density at radius 1 is 0.600 bits per heavy atom. The molecule has 0 saturated carbocycles.